The zero-order valence-corrected chi connectivity index (χ0v) is 22.3. The number of nitrogen functional groups attached to an aromatic ring is 1. The number of hydrogen-bond donors (Lipinski definition) is 4. The number of nitrogens with two attached hydrogens (primary N) is 1. The summed E-state index contributed by atoms with van der Waals surface area (Å²) in [6.45, 7) is 7.66. The topological polar surface area (TPSA) is 134 Å². The molecule has 2 unspecified atom stereocenters. The monoisotopic (exact) mass is 563 g/mol. The zero-order valence-electron chi connectivity index (χ0n) is 22.3. The normalized spacial score (nSPS) is 18.8. The van der Waals surface area contributed by atoms with Crippen LogP contribution in [-0.2, 0) is 9.59 Å². The summed E-state index contributed by atoms with van der Waals surface area (Å²) in [5.74, 6) is -3.43. The molecule has 2 aliphatic heterocycles. The lowest BCUT2D eigenvalue weighted by Gasteiger charge is -2.45. The van der Waals surface area contributed by atoms with Crippen molar-refractivity contribution < 1.29 is 33.0 Å². The highest BCUT2D eigenvalue weighted by Crippen LogP contribution is 2.28. The Labute approximate surface area is 231 Å². The number of piperazine rings is 1. The summed E-state index contributed by atoms with van der Waals surface area (Å²) >= 11 is 0. The van der Waals surface area contributed by atoms with Crippen LogP contribution in [0.5, 0.6) is 0 Å². The Morgan fingerprint density at radius 3 is 1.90 bits per heavy atom. The van der Waals surface area contributed by atoms with E-state index in [0.29, 0.717) is 6.04 Å². The van der Waals surface area contributed by atoms with E-state index in [1.165, 1.54) is 5.69 Å². The molecule has 218 valence electrons. The molecule has 2 aliphatic rings. The Kier molecular flexibility index (Phi) is 10.5. The van der Waals surface area contributed by atoms with Crippen molar-refractivity contribution in [1.29, 1.82) is 5.41 Å². The first-order chi connectivity index (χ1) is 18.9. The standard InChI is InChI=1S/C26H35N5O2.C2HF3O2/c1-19(20-5-3-2-4-6-20)24(26(32)33)31-13-11-23(12-14-31)30-17-15-29(16-18-30)22-9-7-21(8-10-22)25(27)28;3-2(4,5)1(6)7/h2-10,19,23-24H,11-18H2,1H3,(H3,27,28)(H,32,33);(H,6,7). The van der Waals surface area contributed by atoms with Gasteiger partial charge in [-0.15, -0.1) is 0 Å². The molecule has 40 heavy (non-hydrogen) atoms. The average Bonchev–Trinajstić information content (AvgIpc) is 2.94. The van der Waals surface area contributed by atoms with Crippen molar-refractivity contribution in [2.24, 2.45) is 5.73 Å². The number of benzene rings is 2. The van der Waals surface area contributed by atoms with Crippen molar-refractivity contribution >= 4 is 23.5 Å². The molecule has 2 fully saturated rings. The fourth-order valence-electron chi connectivity index (χ4n) is 5.35. The number of amidine groups is 1. The lowest BCUT2D eigenvalue weighted by molar-refractivity contribution is -0.192. The SMILES string of the molecule is CC(c1ccccc1)C(C(=O)O)N1CCC(N2CCN(c3ccc(C(=N)N)cc3)CC2)CC1.O=C(O)C(F)(F)F. The molecule has 0 aromatic heterocycles. The van der Waals surface area contributed by atoms with Crippen LogP contribution in [0.4, 0.5) is 18.9 Å². The Balaban J connectivity index is 0.000000559. The fraction of sp³-hybridized carbons (Fsp3) is 0.464. The number of nitrogens with one attached hydrogen (secondary N) is 1. The molecule has 2 aromatic carbocycles. The average molecular weight is 564 g/mol. The maximum absolute atomic E-state index is 12.1. The number of carboxylic acids is 2. The van der Waals surface area contributed by atoms with Gasteiger partial charge in [0.2, 0.25) is 0 Å². The first-order valence-electron chi connectivity index (χ1n) is 13.1. The molecule has 0 aliphatic carbocycles. The van der Waals surface area contributed by atoms with Crippen molar-refractivity contribution in [3.8, 4) is 0 Å². The molecule has 12 heteroatoms. The second-order valence-electron chi connectivity index (χ2n) is 10.0. The van der Waals surface area contributed by atoms with Gasteiger partial charge in [0.25, 0.3) is 0 Å². The minimum absolute atomic E-state index is 0.0433. The van der Waals surface area contributed by atoms with Crippen molar-refractivity contribution in [2.75, 3.05) is 44.2 Å². The van der Waals surface area contributed by atoms with Gasteiger partial charge in [-0.1, -0.05) is 37.3 Å². The summed E-state index contributed by atoms with van der Waals surface area (Å²) < 4.78 is 31.7. The van der Waals surface area contributed by atoms with Crippen LogP contribution >= 0.6 is 0 Å². The molecule has 0 spiro atoms. The van der Waals surface area contributed by atoms with E-state index in [4.69, 9.17) is 21.0 Å². The summed E-state index contributed by atoms with van der Waals surface area (Å²) in [6, 6.07) is 17.9. The Hall–Kier alpha value is -3.64. The second-order valence-corrected chi connectivity index (χ2v) is 10.0. The number of anilines is 1. The molecule has 0 amide bonds. The van der Waals surface area contributed by atoms with E-state index in [-0.39, 0.29) is 11.8 Å². The van der Waals surface area contributed by atoms with Crippen molar-refractivity contribution in [1.82, 2.24) is 9.80 Å². The van der Waals surface area contributed by atoms with Crippen molar-refractivity contribution in [3.05, 3.63) is 65.7 Å². The smallest absolute Gasteiger partial charge is 0.480 e. The number of nitrogens with zero attached hydrogens (tertiary/aromatic N) is 3. The highest BCUT2D eigenvalue weighted by molar-refractivity contribution is 5.95. The zero-order chi connectivity index (χ0) is 29.4. The van der Waals surface area contributed by atoms with E-state index in [2.05, 4.69) is 14.7 Å². The van der Waals surface area contributed by atoms with Crippen LogP contribution in [0, 0.1) is 5.41 Å². The van der Waals surface area contributed by atoms with Crippen molar-refractivity contribution in [2.45, 2.75) is 43.9 Å². The molecule has 0 bridgehead atoms. The van der Waals surface area contributed by atoms with Crippen LogP contribution in [0.15, 0.2) is 54.6 Å². The van der Waals surface area contributed by atoms with Gasteiger partial charge in [-0.25, -0.2) is 4.79 Å². The van der Waals surface area contributed by atoms with Gasteiger partial charge in [0.15, 0.2) is 0 Å². The van der Waals surface area contributed by atoms with Gasteiger partial charge in [0.1, 0.15) is 11.9 Å². The van der Waals surface area contributed by atoms with Gasteiger partial charge < -0.3 is 20.8 Å². The number of likely N-dealkylation sites (tertiary alicyclic amines) is 1. The highest BCUT2D eigenvalue weighted by Gasteiger charge is 2.38. The molecule has 9 nitrogen and oxygen atoms in total. The molecule has 2 heterocycles. The van der Waals surface area contributed by atoms with Gasteiger partial charge >= 0.3 is 18.1 Å². The Bertz CT molecular complexity index is 1130. The van der Waals surface area contributed by atoms with Crippen LogP contribution in [0.2, 0.25) is 0 Å². The van der Waals surface area contributed by atoms with Gasteiger partial charge in [-0.3, -0.25) is 20.0 Å². The first kappa shape index (κ1) is 30.9. The van der Waals surface area contributed by atoms with E-state index in [0.717, 1.165) is 63.2 Å². The van der Waals surface area contributed by atoms with Crippen LogP contribution in [0.3, 0.4) is 0 Å². The van der Waals surface area contributed by atoms with E-state index in [1.54, 1.807) is 0 Å². The number of aliphatic carboxylic acids is 2. The number of alkyl halides is 3. The molecule has 2 atom stereocenters. The molecule has 2 saturated heterocycles. The minimum Gasteiger partial charge on any atom is -0.480 e. The predicted octanol–water partition coefficient (Wildman–Crippen LogP) is 3.45. The first-order valence-corrected chi connectivity index (χ1v) is 13.1. The van der Waals surface area contributed by atoms with E-state index in [1.807, 2.05) is 61.5 Å². The third-order valence-electron chi connectivity index (χ3n) is 7.56. The number of carbonyl (C=O) groups is 2. The van der Waals surface area contributed by atoms with Crippen molar-refractivity contribution in [3.63, 3.8) is 0 Å². The largest absolute Gasteiger partial charge is 0.490 e. The maximum Gasteiger partial charge on any atom is 0.490 e. The predicted molar refractivity (Wildman–Crippen MR) is 146 cm³/mol. The number of hydrogen-bond acceptors (Lipinski definition) is 6. The number of carboxylic acid groups (broad SMARTS) is 2. The summed E-state index contributed by atoms with van der Waals surface area (Å²) in [4.78, 5) is 28.2. The molecule has 2 aromatic rings. The van der Waals surface area contributed by atoms with Crippen LogP contribution in [-0.4, -0.2) is 95.3 Å². The molecular weight excluding hydrogens is 527 g/mol. The van der Waals surface area contributed by atoms with Gasteiger partial charge in [0.05, 0.1) is 0 Å². The van der Waals surface area contributed by atoms with E-state index < -0.39 is 24.2 Å². The molecule has 0 radical (unpaired) electrons. The number of rotatable bonds is 7. The second kappa shape index (κ2) is 13.6. The van der Waals surface area contributed by atoms with Crippen LogP contribution in [0.25, 0.3) is 0 Å². The summed E-state index contributed by atoms with van der Waals surface area (Å²) in [6.07, 6.45) is -3.06. The molecular formula is C28H36F3N5O4. The van der Waals surface area contributed by atoms with Crippen LogP contribution in [0.1, 0.15) is 36.8 Å². The lowest BCUT2D eigenvalue weighted by Crippen LogP contribution is -2.55. The number of piperidine rings is 1. The van der Waals surface area contributed by atoms with Gasteiger partial charge in [-0.2, -0.15) is 13.2 Å². The Morgan fingerprint density at radius 2 is 1.45 bits per heavy atom. The third kappa shape index (κ3) is 8.18. The third-order valence-corrected chi connectivity index (χ3v) is 7.56. The van der Waals surface area contributed by atoms with Gasteiger partial charge in [0, 0.05) is 62.5 Å². The van der Waals surface area contributed by atoms with E-state index >= 15 is 0 Å². The summed E-state index contributed by atoms with van der Waals surface area (Å²) in [7, 11) is 0. The fourth-order valence-corrected chi connectivity index (χ4v) is 5.35. The lowest BCUT2D eigenvalue weighted by atomic mass is 9.90. The molecule has 0 saturated carbocycles. The molecule has 4 rings (SSSR count). The van der Waals surface area contributed by atoms with Crippen LogP contribution < -0.4 is 10.6 Å². The highest BCUT2D eigenvalue weighted by atomic mass is 19.4. The number of halogens is 3. The maximum atomic E-state index is 12.1. The minimum atomic E-state index is -5.08. The van der Waals surface area contributed by atoms with Gasteiger partial charge in [-0.05, 0) is 42.7 Å². The summed E-state index contributed by atoms with van der Waals surface area (Å²) in [5, 5.41) is 24.6. The molecule has 5 N–H and O–H groups in total. The quantitative estimate of drug-likeness (QED) is 0.297. The van der Waals surface area contributed by atoms with E-state index in [9.17, 15) is 23.1 Å². The summed E-state index contributed by atoms with van der Waals surface area (Å²) in [5.41, 5.74) is 8.57. The Morgan fingerprint density at radius 1 is 0.925 bits per heavy atom.